The molecule has 1 spiro atoms. The zero-order valence-electron chi connectivity index (χ0n) is 15.2. The van der Waals surface area contributed by atoms with Crippen LogP contribution in [0.5, 0.6) is 0 Å². The summed E-state index contributed by atoms with van der Waals surface area (Å²) in [4.78, 5) is 19.0. The van der Waals surface area contributed by atoms with Gasteiger partial charge >= 0.3 is 0 Å². The second kappa shape index (κ2) is 5.95. The van der Waals surface area contributed by atoms with Gasteiger partial charge in [0.15, 0.2) is 0 Å². The maximum Gasteiger partial charge on any atom is 0.242 e. The van der Waals surface area contributed by atoms with Crippen LogP contribution in [-0.2, 0) is 4.79 Å². The molecule has 0 aliphatic carbocycles. The molecule has 0 unspecified atom stereocenters. The number of carbonyl (C=O) groups is 1. The molecular formula is C21H25N3O. The molecule has 2 atom stereocenters. The average Bonchev–Trinajstić information content (AvgIpc) is 3.17. The molecule has 2 fully saturated rings. The van der Waals surface area contributed by atoms with E-state index in [2.05, 4.69) is 54.5 Å². The highest BCUT2D eigenvalue weighted by Crippen LogP contribution is 2.39. The Morgan fingerprint density at radius 2 is 2.04 bits per heavy atom. The monoisotopic (exact) mass is 335 g/mol. The lowest BCUT2D eigenvalue weighted by molar-refractivity contribution is -0.131. The zero-order chi connectivity index (χ0) is 17.6. The van der Waals surface area contributed by atoms with Crippen molar-refractivity contribution in [1.82, 2.24) is 15.2 Å². The van der Waals surface area contributed by atoms with Crippen molar-refractivity contribution in [2.45, 2.75) is 44.7 Å². The highest BCUT2D eigenvalue weighted by Gasteiger charge is 2.50. The molecule has 0 radical (unpaired) electrons. The molecular weight excluding hydrogens is 310 g/mol. The van der Waals surface area contributed by atoms with Gasteiger partial charge in [0.25, 0.3) is 0 Å². The van der Waals surface area contributed by atoms with Crippen molar-refractivity contribution in [3.8, 4) is 11.1 Å². The van der Waals surface area contributed by atoms with E-state index in [0.29, 0.717) is 0 Å². The van der Waals surface area contributed by atoms with Gasteiger partial charge in [-0.05, 0) is 61.9 Å². The number of nitrogens with one attached hydrogen (secondary N) is 1. The summed E-state index contributed by atoms with van der Waals surface area (Å²) in [5, 5.41) is 3.61. The number of aromatic nitrogens is 1. The Balaban J connectivity index is 1.63. The molecule has 0 bridgehead atoms. The number of aryl methyl sites for hydroxylation is 2. The molecule has 3 heterocycles. The van der Waals surface area contributed by atoms with Crippen LogP contribution in [0.15, 0.2) is 36.5 Å². The van der Waals surface area contributed by atoms with Crippen LogP contribution in [0.4, 0.5) is 0 Å². The summed E-state index contributed by atoms with van der Waals surface area (Å²) < 4.78 is 0. The van der Waals surface area contributed by atoms with Crippen molar-refractivity contribution in [3.05, 3.63) is 53.3 Å². The predicted molar refractivity (Wildman–Crippen MR) is 99.2 cm³/mol. The van der Waals surface area contributed by atoms with Crippen molar-refractivity contribution < 1.29 is 4.79 Å². The lowest BCUT2D eigenvalue weighted by Gasteiger charge is -2.23. The Morgan fingerprint density at radius 1 is 1.20 bits per heavy atom. The minimum absolute atomic E-state index is 0.153. The number of amides is 1. The average molecular weight is 335 g/mol. The molecule has 25 heavy (non-hydrogen) atoms. The van der Waals surface area contributed by atoms with Gasteiger partial charge in [-0.1, -0.05) is 23.8 Å². The van der Waals surface area contributed by atoms with E-state index < -0.39 is 0 Å². The van der Waals surface area contributed by atoms with E-state index in [9.17, 15) is 4.79 Å². The van der Waals surface area contributed by atoms with Crippen molar-refractivity contribution in [1.29, 1.82) is 0 Å². The Labute approximate surface area is 149 Å². The van der Waals surface area contributed by atoms with Gasteiger partial charge in [0.05, 0.1) is 11.7 Å². The zero-order valence-corrected chi connectivity index (χ0v) is 15.2. The molecule has 4 heteroatoms. The third-order valence-electron chi connectivity index (χ3n) is 5.78. The van der Waals surface area contributed by atoms with Gasteiger partial charge in [-0.2, -0.15) is 0 Å². The van der Waals surface area contributed by atoms with E-state index in [0.717, 1.165) is 31.5 Å². The van der Waals surface area contributed by atoms with E-state index in [-0.39, 0.29) is 17.5 Å². The summed E-state index contributed by atoms with van der Waals surface area (Å²) in [5.74, 6) is 0.237. The minimum atomic E-state index is -0.365. The van der Waals surface area contributed by atoms with Crippen LogP contribution in [-0.4, -0.2) is 34.9 Å². The third-order valence-corrected chi connectivity index (χ3v) is 5.78. The van der Waals surface area contributed by atoms with Crippen LogP contribution in [0.25, 0.3) is 11.1 Å². The molecule has 2 saturated heterocycles. The van der Waals surface area contributed by atoms with E-state index in [1.54, 1.807) is 0 Å². The maximum atomic E-state index is 12.5. The van der Waals surface area contributed by atoms with E-state index in [4.69, 9.17) is 0 Å². The highest BCUT2D eigenvalue weighted by atomic mass is 16.2. The maximum absolute atomic E-state index is 12.5. The van der Waals surface area contributed by atoms with E-state index >= 15 is 0 Å². The first kappa shape index (κ1) is 16.3. The number of benzene rings is 1. The number of pyridine rings is 1. The van der Waals surface area contributed by atoms with Gasteiger partial charge in [-0.15, -0.1) is 0 Å². The second-order valence-corrected chi connectivity index (χ2v) is 7.58. The Bertz CT molecular complexity index is 832. The molecule has 130 valence electrons. The predicted octanol–water partition coefficient (Wildman–Crippen LogP) is 3.39. The molecule has 1 amide bonds. The molecule has 1 aromatic carbocycles. The number of likely N-dealkylation sites (tertiary alicyclic amines) is 1. The van der Waals surface area contributed by atoms with Crippen molar-refractivity contribution >= 4 is 5.91 Å². The number of hydrogen-bond donors (Lipinski definition) is 1. The largest absolute Gasteiger partial charge is 0.344 e. The van der Waals surface area contributed by atoms with Gasteiger partial charge in [-0.3, -0.25) is 15.1 Å². The second-order valence-electron chi connectivity index (χ2n) is 7.58. The van der Waals surface area contributed by atoms with Gasteiger partial charge in [0, 0.05) is 19.8 Å². The lowest BCUT2D eigenvalue weighted by atomic mass is 9.96. The summed E-state index contributed by atoms with van der Waals surface area (Å²) in [5.41, 5.74) is 5.66. The first-order valence-corrected chi connectivity index (χ1v) is 9.05. The number of carbonyl (C=O) groups excluding carboxylic acids is 1. The quantitative estimate of drug-likeness (QED) is 0.915. The number of nitrogens with zero attached hydrogens (tertiary/aromatic N) is 2. The minimum Gasteiger partial charge on any atom is -0.344 e. The van der Waals surface area contributed by atoms with Gasteiger partial charge in [0.2, 0.25) is 5.91 Å². The van der Waals surface area contributed by atoms with Gasteiger partial charge in [-0.25, -0.2) is 0 Å². The van der Waals surface area contributed by atoms with E-state index in [1.807, 2.05) is 18.1 Å². The molecule has 4 nitrogen and oxygen atoms in total. The number of rotatable bonds is 2. The van der Waals surface area contributed by atoms with Crippen LogP contribution < -0.4 is 5.32 Å². The molecule has 1 aromatic heterocycles. The van der Waals surface area contributed by atoms with Crippen molar-refractivity contribution in [2.75, 3.05) is 13.6 Å². The fourth-order valence-corrected chi connectivity index (χ4v) is 4.24. The first-order chi connectivity index (χ1) is 12.0. The standard InChI is InChI=1S/C21H25N3O/c1-14-4-5-15(2)17(12-14)16-7-10-22-19(13-16)18-6-8-21(23-18)9-11-24(3)20(21)25/h4-5,7,10,12-13,18,23H,6,8-9,11H2,1-3H3/t18-,21+/m1/s1. The summed E-state index contributed by atoms with van der Waals surface area (Å²) in [7, 11) is 1.89. The smallest absolute Gasteiger partial charge is 0.242 e. The van der Waals surface area contributed by atoms with Crippen LogP contribution in [0.1, 0.15) is 42.1 Å². The van der Waals surface area contributed by atoms with Crippen LogP contribution in [0.3, 0.4) is 0 Å². The van der Waals surface area contributed by atoms with Crippen LogP contribution in [0.2, 0.25) is 0 Å². The van der Waals surface area contributed by atoms with Gasteiger partial charge < -0.3 is 4.90 Å². The summed E-state index contributed by atoms with van der Waals surface area (Å²) >= 11 is 0. The normalized spacial score (nSPS) is 26.0. The number of hydrogen-bond acceptors (Lipinski definition) is 3. The third kappa shape index (κ3) is 2.74. The summed E-state index contributed by atoms with van der Waals surface area (Å²) in [6.45, 7) is 5.11. The molecule has 1 N–H and O–H groups in total. The fraction of sp³-hybridized carbons (Fsp3) is 0.429. The molecule has 4 rings (SSSR count). The Morgan fingerprint density at radius 3 is 2.80 bits per heavy atom. The number of likely N-dealkylation sites (N-methyl/N-ethyl adjacent to an activating group) is 1. The summed E-state index contributed by atoms with van der Waals surface area (Å²) in [6.07, 6.45) is 4.65. The first-order valence-electron chi connectivity index (χ1n) is 9.05. The fourth-order valence-electron chi connectivity index (χ4n) is 4.24. The van der Waals surface area contributed by atoms with Crippen molar-refractivity contribution in [2.24, 2.45) is 0 Å². The van der Waals surface area contributed by atoms with Crippen molar-refractivity contribution in [3.63, 3.8) is 0 Å². The highest BCUT2D eigenvalue weighted by molar-refractivity contribution is 5.88. The molecule has 2 aromatic rings. The Kier molecular flexibility index (Phi) is 3.88. The SMILES string of the molecule is Cc1ccc(C)c(-c2ccnc([C@H]3CC[C@@]4(CCN(C)C4=O)N3)c2)c1. The van der Waals surface area contributed by atoms with Crippen LogP contribution >= 0.6 is 0 Å². The molecule has 2 aliphatic heterocycles. The Hall–Kier alpha value is -2.20. The van der Waals surface area contributed by atoms with E-state index in [1.165, 1.54) is 22.3 Å². The van der Waals surface area contributed by atoms with Crippen LogP contribution in [0, 0.1) is 13.8 Å². The molecule has 2 aliphatic rings. The topological polar surface area (TPSA) is 45.2 Å². The summed E-state index contributed by atoms with van der Waals surface area (Å²) in [6, 6.07) is 11.0. The lowest BCUT2D eigenvalue weighted by Crippen LogP contribution is -2.47. The molecule has 0 saturated carbocycles. The van der Waals surface area contributed by atoms with Gasteiger partial charge in [0.1, 0.15) is 5.54 Å².